The van der Waals surface area contributed by atoms with Crippen molar-refractivity contribution >= 4 is 34.2 Å². The minimum atomic E-state index is -1.27. The third kappa shape index (κ3) is 3.01. The number of pyridine rings is 2. The lowest BCUT2D eigenvalue weighted by Crippen LogP contribution is -2.53. The first-order valence-corrected chi connectivity index (χ1v) is 10.4. The van der Waals surface area contributed by atoms with E-state index in [4.69, 9.17) is 4.98 Å². The number of aliphatic hydroxyl groups is 1. The monoisotopic (exact) mass is 412 g/mol. The van der Waals surface area contributed by atoms with E-state index in [1.165, 1.54) is 17.5 Å². The second kappa shape index (κ2) is 6.64. The lowest BCUT2D eigenvalue weighted by atomic mass is 9.90. The maximum Gasteiger partial charge on any atom is 0.341 e. The Labute approximate surface area is 170 Å². The molecule has 3 aromatic rings. The Hall–Kier alpha value is -2.78. The van der Waals surface area contributed by atoms with Gasteiger partial charge in [-0.2, -0.15) is 0 Å². The van der Waals surface area contributed by atoms with Crippen LogP contribution >= 0.6 is 11.3 Å². The summed E-state index contributed by atoms with van der Waals surface area (Å²) in [6, 6.07) is 1.82. The van der Waals surface area contributed by atoms with Crippen LogP contribution in [0, 0.1) is 18.8 Å². The standard InChI is InChI=1S/C20H20N4O4S/c1-10-6-14(23-7-12(8-23)16(25)11-2-3-11)22-18-15(10)17(26)13(19(27)28)9-24(18)20-21-4-5-29-20/h4-6,9,11-12,16,25H,2-3,7-8H2,1H3,(H,27,28). The van der Waals surface area contributed by atoms with Gasteiger partial charge >= 0.3 is 5.97 Å². The largest absolute Gasteiger partial charge is 0.477 e. The Bertz CT molecular complexity index is 1160. The number of carbonyl (C=O) groups is 1. The highest BCUT2D eigenvalue weighted by atomic mass is 32.1. The zero-order chi connectivity index (χ0) is 20.3. The van der Waals surface area contributed by atoms with E-state index in [9.17, 15) is 19.8 Å². The summed E-state index contributed by atoms with van der Waals surface area (Å²) in [6.45, 7) is 3.25. The smallest absolute Gasteiger partial charge is 0.341 e. The molecule has 3 aromatic heterocycles. The summed E-state index contributed by atoms with van der Waals surface area (Å²) in [6.07, 6.45) is 4.89. The molecule has 0 spiro atoms. The van der Waals surface area contributed by atoms with Gasteiger partial charge in [-0.05, 0) is 37.3 Å². The Morgan fingerprint density at radius 2 is 2.07 bits per heavy atom. The molecule has 1 saturated carbocycles. The minimum absolute atomic E-state index is 0.246. The molecule has 9 heteroatoms. The third-order valence-corrected chi connectivity index (χ3v) is 6.59. The van der Waals surface area contributed by atoms with Gasteiger partial charge in [0.25, 0.3) is 0 Å². The highest BCUT2D eigenvalue weighted by Crippen LogP contribution is 2.39. The minimum Gasteiger partial charge on any atom is -0.477 e. The van der Waals surface area contributed by atoms with Crippen LogP contribution in [0.4, 0.5) is 5.82 Å². The van der Waals surface area contributed by atoms with E-state index in [1.807, 2.05) is 6.07 Å². The number of aromatic carboxylic acids is 1. The molecule has 0 amide bonds. The molecule has 5 rings (SSSR count). The number of anilines is 1. The highest BCUT2D eigenvalue weighted by Gasteiger charge is 2.41. The molecule has 150 valence electrons. The van der Waals surface area contributed by atoms with Gasteiger partial charge in [0.15, 0.2) is 10.8 Å². The number of thiazole rings is 1. The van der Waals surface area contributed by atoms with Gasteiger partial charge in [-0.3, -0.25) is 9.36 Å². The number of aromatic nitrogens is 3. The summed E-state index contributed by atoms with van der Waals surface area (Å²) < 4.78 is 1.58. The number of nitrogens with zero attached hydrogens (tertiary/aromatic N) is 4. The van der Waals surface area contributed by atoms with E-state index in [1.54, 1.807) is 23.1 Å². The number of aryl methyl sites for hydroxylation is 1. The number of fused-ring (bicyclic) bond motifs is 1. The average Bonchev–Trinajstić information content (AvgIpc) is 3.35. The van der Waals surface area contributed by atoms with Crippen molar-refractivity contribution in [3.8, 4) is 5.13 Å². The summed E-state index contributed by atoms with van der Waals surface area (Å²) >= 11 is 1.34. The molecule has 2 fully saturated rings. The molecular weight excluding hydrogens is 392 g/mol. The molecule has 1 saturated heterocycles. The van der Waals surface area contributed by atoms with Gasteiger partial charge in [0.2, 0.25) is 5.43 Å². The summed E-state index contributed by atoms with van der Waals surface area (Å²) in [5.74, 6) is 0.140. The molecule has 1 aliphatic carbocycles. The van der Waals surface area contributed by atoms with Crippen molar-refractivity contribution in [1.82, 2.24) is 14.5 Å². The maximum atomic E-state index is 12.8. The van der Waals surface area contributed by atoms with E-state index in [-0.39, 0.29) is 17.6 Å². The Morgan fingerprint density at radius 1 is 1.31 bits per heavy atom. The van der Waals surface area contributed by atoms with E-state index < -0.39 is 11.4 Å². The average molecular weight is 412 g/mol. The maximum absolute atomic E-state index is 12.8. The molecule has 1 aliphatic heterocycles. The first-order chi connectivity index (χ1) is 13.9. The number of rotatable bonds is 5. The predicted octanol–water partition coefficient (Wildman–Crippen LogP) is 2.06. The van der Waals surface area contributed by atoms with Crippen molar-refractivity contribution in [3.05, 3.63) is 45.2 Å². The number of carboxylic acids is 1. The van der Waals surface area contributed by atoms with E-state index in [2.05, 4.69) is 9.88 Å². The van der Waals surface area contributed by atoms with Crippen LogP contribution < -0.4 is 10.3 Å². The van der Waals surface area contributed by atoms with E-state index in [0.717, 1.165) is 31.7 Å². The summed E-state index contributed by atoms with van der Waals surface area (Å²) in [4.78, 5) is 35.5. The Morgan fingerprint density at radius 3 is 2.69 bits per heavy atom. The molecule has 1 unspecified atom stereocenters. The van der Waals surface area contributed by atoms with Crippen LogP contribution in [0.1, 0.15) is 28.8 Å². The van der Waals surface area contributed by atoms with Crippen molar-refractivity contribution < 1.29 is 15.0 Å². The van der Waals surface area contributed by atoms with Crippen molar-refractivity contribution in [2.24, 2.45) is 11.8 Å². The number of hydrogen-bond donors (Lipinski definition) is 2. The van der Waals surface area contributed by atoms with Crippen LogP contribution in [0.2, 0.25) is 0 Å². The van der Waals surface area contributed by atoms with Crippen LogP contribution in [-0.2, 0) is 0 Å². The van der Waals surface area contributed by atoms with Gasteiger partial charge in [0, 0.05) is 36.8 Å². The van der Waals surface area contributed by atoms with Gasteiger partial charge in [-0.1, -0.05) is 0 Å². The molecule has 0 bridgehead atoms. The molecule has 4 heterocycles. The third-order valence-electron chi connectivity index (χ3n) is 5.82. The zero-order valence-electron chi connectivity index (χ0n) is 15.8. The van der Waals surface area contributed by atoms with Gasteiger partial charge in [-0.15, -0.1) is 11.3 Å². The van der Waals surface area contributed by atoms with Crippen LogP contribution in [0.15, 0.2) is 28.6 Å². The number of hydrogen-bond acceptors (Lipinski definition) is 7. The summed E-state index contributed by atoms with van der Waals surface area (Å²) in [5, 5.41) is 22.4. The fourth-order valence-electron chi connectivity index (χ4n) is 4.01. The molecule has 8 nitrogen and oxygen atoms in total. The highest BCUT2D eigenvalue weighted by molar-refractivity contribution is 7.12. The predicted molar refractivity (Wildman–Crippen MR) is 109 cm³/mol. The topological polar surface area (TPSA) is 109 Å². The lowest BCUT2D eigenvalue weighted by Gasteiger charge is -2.42. The fraction of sp³-hybridized carbons (Fsp3) is 0.400. The zero-order valence-corrected chi connectivity index (χ0v) is 16.6. The molecule has 1 atom stereocenters. The number of carboxylic acid groups (broad SMARTS) is 1. The van der Waals surface area contributed by atoms with Crippen LogP contribution in [0.25, 0.3) is 16.2 Å². The normalized spacial score (nSPS) is 18.1. The Balaban J connectivity index is 1.60. The first-order valence-electron chi connectivity index (χ1n) is 9.57. The second-order valence-electron chi connectivity index (χ2n) is 7.85. The molecular formula is C20H20N4O4S. The SMILES string of the molecule is Cc1cc(N2CC(C(O)C3CC3)C2)nc2c1c(=O)c(C(=O)O)cn2-c1nccs1. The molecule has 2 N–H and O–H groups in total. The van der Waals surface area contributed by atoms with Crippen molar-refractivity contribution in [2.75, 3.05) is 18.0 Å². The van der Waals surface area contributed by atoms with Gasteiger partial charge in [0.05, 0.1) is 11.5 Å². The van der Waals surface area contributed by atoms with Crippen LogP contribution in [-0.4, -0.2) is 49.9 Å². The van der Waals surface area contributed by atoms with E-state index in [0.29, 0.717) is 27.6 Å². The quantitative estimate of drug-likeness (QED) is 0.660. The molecule has 0 aromatic carbocycles. The first kappa shape index (κ1) is 18.3. The molecule has 0 radical (unpaired) electrons. The van der Waals surface area contributed by atoms with Gasteiger partial charge < -0.3 is 15.1 Å². The van der Waals surface area contributed by atoms with Gasteiger partial charge in [-0.25, -0.2) is 14.8 Å². The number of aliphatic hydroxyl groups excluding tert-OH is 1. The molecule has 2 aliphatic rings. The van der Waals surface area contributed by atoms with Crippen molar-refractivity contribution in [1.29, 1.82) is 0 Å². The Kier molecular flexibility index (Phi) is 4.18. The van der Waals surface area contributed by atoms with Crippen molar-refractivity contribution in [3.63, 3.8) is 0 Å². The molecule has 29 heavy (non-hydrogen) atoms. The second-order valence-corrected chi connectivity index (χ2v) is 8.72. The van der Waals surface area contributed by atoms with Crippen LogP contribution in [0.5, 0.6) is 0 Å². The van der Waals surface area contributed by atoms with Crippen molar-refractivity contribution in [2.45, 2.75) is 25.9 Å². The van der Waals surface area contributed by atoms with Gasteiger partial charge in [0.1, 0.15) is 11.4 Å². The fourth-order valence-corrected chi connectivity index (χ4v) is 4.63. The van der Waals surface area contributed by atoms with E-state index >= 15 is 0 Å². The summed E-state index contributed by atoms with van der Waals surface area (Å²) in [7, 11) is 0. The summed E-state index contributed by atoms with van der Waals surface area (Å²) in [5.41, 5.74) is 0.232. The van der Waals surface area contributed by atoms with Crippen LogP contribution in [0.3, 0.4) is 0 Å². The lowest BCUT2D eigenvalue weighted by molar-refractivity contribution is 0.0694.